The van der Waals surface area contributed by atoms with Gasteiger partial charge < -0.3 is 16.0 Å². The highest BCUT2D eigenvalue weighted by atomic mass is 15.1. The number of aromatic amines is 1. The highest BCUT2D eigenvalue weighted by Crippen LogP contribution is 2.37. The van der Waals surface area contributed by atoms with Crippen molar-refractivity contribution in [3.8, 4) is 0 Å². The largest absolute Gasteiger partial charge is 0.384 e. The molecule has 5 rings (SSSR count). The fourth-order valence-corrected chi connectivity index (χ4v) is 4.49. The maximum atomic E-state index is 6.06. The first kappa shape index (κ1) is 19.6. The van der Waals surface area contributed by atoms with Crippen molar-refractivity contribution in [3.05, 3.63) is 82.2 Å². The van der Waals surface area contributed by atoms with Crippen LogP contribution in [-0.4, -0.2) is 26.9 Å². The zero-order chi connectivity index (χ0) is 21.5. The third-order valence-electron chi connectivity index (χ3n) is 5.95. The monoisotopic (exact) mass is 412 g/mol. The lowest BCUT2D eigenvalue weighted by Crippen LogP contribution is -2.17. The number of rotatable bonds is 5. The molecule has 0 radical (unpaired) electrons. The number of nitrogen functional groups attached to an aromatic ring is 1. The molecule has 1 unspecified atom stereocenters. The van der Waals surface area contributed by atoms with Crippen molar-refractivity contribution < 1.29 is 0 Å². The van der Waals surface area contributed by atoms with Crippen molar-refractivity contribution >= 4 is 22.7 Å². The Morgan fingerprint density at radius 2 is 1.74 bits per heavy atom. The minimum absolute atomic E-state index is 0.144. The van der Waals surface area contributed by atoms with Crippen LogP contribution in [0.25, 0.3) is 11.2 Å². The summed E-state index contributed by atoms with van der Waals surface area (Å²) in [7, 11) is 2.17. The number of aromatic nitrogens is 3. The Kier molecular flexibility index (Phi) is 4.87. The average molecular weight is 413 g/mol. The Balaban J connectivity index is 1.33. The minimum atomic E-state index is 0.144. The topological polar surface area (TPSA) is 82.9 Å². The summed E-state index contributed by atoms with van der Waals surface area (Å²) in [5, 5.41) is 3.65. The number of hydrogen-bond donors (Lipinski definition) is 3. The van der Waals surface area contributed by atoms with Crippen LogP contribution in [0.3, 0.4) is 0 Å². The average Bonchev–Trinajstić information content (AvgIpc) is 3.31. The first-order valence-electron chi connectivity index (χ1n) is 10.7. The molecule has 3 heterocycles. The van der Waals surface area contributed by atoms with Crippen molar-refractivity contribution in [1.29, 1.82) is 0 Å². The zero-order valence-corrected chi connectivity index (χ0v) is 18.2. The molecule has 0 saturated carbocycles. The number of fused-ring (bicyclic) bond motifs is 2. The van der Waals surface area contributed by atoms with Gasteiger partial charge in [-0.25, -0.2) is 9.97 Å². The van der Waals surface area contributed by atoms with Crippen LogP contribution in [0, 0.1) is 13.8 Å². The number of imidazole rings is 1. The summed E-state index contributed by atoms with van der Waals surface area (Å²) < 4.78 is 0. The van der Waals surface area contributed by atoms with Gasteiger partial charge in [0.05, 0.1) is 6.04 Å². The van der Waals surface area contributed by atoms with Gasteiger partial charge in [0.25, 0.3) is 0 Å². The number of H-pyrrole nitrogens is 1. The lowest BCUT2D eigenvalue weighted by Gasteiger charge is -2.17. The van der Waals surface area contributed by atoms with Gasteiger partial charge in [0.15, 0.2) is 5.65 Å². The van der Waals surface area contributed by atoms with E-state index in [2.05, 4.69) is 81.6 Å². The molecule has 0 spiro atoms. The summed E-state index contributed by atoms with van der Waals surface area (Å²) in [6, 6.07) is 17.6. The molecule has 2 aromatic carbocycles. The van der Waals surface area contributed by atoms with Crippen molar-refractivity contribution in [1.82, 2.24) is 19.9 Å². The Hall–Kier alpha value is -3.38. The maximum absolute atomic E-state index is 6.06. The minimum Gasteiger partial charge on any atom is -0.384 e. The Morgan fingerprint density at radius 3 is 2.55 bits per heavy atom. The molecule has 31 heavy (non-hydrogen) atoms. The predicted octanol–water partition coefficient (Wildman–Crippen LogP) is 4.50. The van der Waals surface area contributed by atoms with E-state index in [9.17, 15) is 0 Å². The van der Waals surface area contributed by atoms with E-state index in [4.69, 9.17) is 5.73 Å². The van der Waals surface area contributed by atoms with Crippen LogP contribution in [-0.2, 0) is 19.5 Å². The molecular weight excluding hydrogens is 384 g/mol. The summed E-state index contributed by atoms with van der Waals surface area (Å²) in [5.41, 5.74) is 15.3. The molecule has 4 N–H and O–H groups in total. The predicted molar refractivity (Wildman–Crippen MR) is 126 cm³/mol. The van der Waals surface area contributed by atoms with E-state index in [0.717, 1.165) is 42.1 Å². The second kappa shape index (κ2) is 7.71. The Bertz CT molecular complexity index is 1240. The van der Waals surface area contributed by atoms with Crippen LogP contribution in [0.4, 0.5) is 11.5 Å². The third kappa shape index (κ3) is 3.99. The molecule has 1 aliphatic rings. The second-order valence-corrected chi connectivity index (χ2v) is 8.71. The molecule has 0 fully saturated rings. The number of pyridine rings is 1. The Morgan fingerprint density at radius 1 is 1.00 bits per heavy atom. The molecule has 0 amide bonds. The Labute approximate surface area is 182 Å². The maximum Gasteiger partial charge on any atom is 0.160 e. The molecular formula is C25H28N6. The first-order valence-corrected chi connectivity index (χ1v) is 10.7. The molecule has 1 atom stereocenters. The fourth-order valence-electron chi connectivity index (χ4n) is 4.49. The standard InChI is InChI=1S/C25H28N6/c1-15-4-6-17(7-5-15)13-31(3)14-18-8-9-21-19(10-18)11-22(29-21)20-12-23(26)30-25-24(20)27-16(2)28-25/h4-10,12,22,29H,11,13-14H2,1-3H3,(H3,26,27,28,30). The molecule has 1 aliphatic heterocycles. The summed E-state index contributed by atoms with van der Waals surface area (Å²) in [4.78, 5) is 14.6. The normalized spacial score (nSPS) is 15.4. The highest BCUT2D eigenvalue weighted by Gasteiger charge is 2.25. The lowest BCUT2D eigenvalue weighted by atomic mass is 10.0. The number of aryl methyl sites for hydroxylation is 2. The van der Waals surface area contributed by atoms with Crippen LogP contribution < -0.4 is 11.1 Å². The highest BCUT2D eigenvalue weighted by molar-refractivity contribution is 5.79. The van der Waals surface area contributed by atoms with Crippen molar-refractivity contribution in [2.45, 2.75) is 39.4 Å². The summed E-state index contributed by atoms with van der Waals surface area (Å²) in [6.07, 6.45) is 0.912. The van der Waals surface area contributed by atoms with Crippen molar-refractivity contribution in [3.63, 3.8) is 0 Å². The molecule has 0 saturated heterocycles. The number of anilines is 2. The quantitative estimate of drug-likeness (QED) is 0.450. The van der Waals surface area contributed by atoms with Gasteiger partial charge in [0.2, 0.25) is 0 Å². The SMILES string of the molecule is Cc1ccc(CN(C)Cc2ccc3c(c2)CC(c2cc(N)nc4[nH]c(C)nc24)N3)cc1. The number of hydrogen-bond acceptors (Lipinski definition) is 5. The molecule has 4 aromatic rings. The van der Waals surface area contributed by atoms with Crippen LogP contribution in [0.15, 0.2) is 48.5 Å². The van der Waals surface area contributed by atoms with Gasteiger partial charge in [-0.3, -0.25) is 4.90 Å². The van der Waals surface area contributed by atoms with E-state index < -0.39 is 0 Å². The van der Waals surface area contributed by atoms with E-state index in [1.54, 1.807) is 0 Å². The van der Waals surface area contributed by atoms with E-state index in [1.807, 2.05) is 13.0 Å². The van der Waals surface area contributed by atoms with Gasteiger partial charge in [0, 0.05) is 24.3 Å². The number of benzene rings is 2. The van der Waals surface area contributed by atoms with E-state index in [-0.39, 0.29) is 6.04 Å². The van der Waals surface area contributed by atoms with Crippen LogP contribution in [0.5, 0.6) is 0 Å². The van der Waals surface area contributed by atoms with Gasteiger partial charge in [-0.1, -0.05) is 42.0 Å². The van der Waals surface area contributed by atoms with E-state index in [0.29, 0.717) is 5.82 Å². The van der Waals surface area contributed by atoms with Gasteiger partial charge in [-0.2, -0.15) is 0 Å². The smallest absolute Gasteiger partial charge is 0.160 e. The van der Waals surface area contributed by atoms with Crippen LogP contribution in [0.2, 0.25) is 0 Å². The molecule has 0 aliphatic carbocycles. The molecule has 158 valence electrons. The van der Waals surface area contributed by atoms with Crippen LogP contribution >= 0.6 is 0 Å². The summed E-state index contributed by atoms with van der Waals surface area (Å²) >= 11 is 0. The lowest BCUT2D eigenvalue weighted by molar-refractivity contribution is 0.319. The number of nitrogens with two attached hydrogens (primary N) is 1. The zero-order valence-electron chi connectivity index (χ0n) is 18.2. The number of nitrogens with zero attached hydrogens (tertiary/aromatic N) is 3. The third-order valence-corrected chi connectivity index (χ3v) is 5.95. The first-order chi connectivity index (χ1) is 14.9. The van der Waals surface area contributed by atoms with Gasteiger partial charge in [0.1, 0.15) is 17.2 Å². The van der Waals surface area contributed by atoms with Gasteiger partial charge in [-0.15, -0.1) is 0 Å². The molecule has 0 bridgehead atoms. The van der Waals surface area contributed by atoms with E-state index >= 15 is 0 Å². The van der Waals surface area contributed by atoms with Crippen molar-refractivity contribution in [2.24, 2.45) is 0 Å². The van der Waals surface area contributed by atoms with Gasteiger partial charge >= 0.3 is 0 Å². The molecule has 6 heteroatoms. The van der Waals surface area contributed by atoms with E-state index in [1.165, 1.54) is 27.9 Å². The number of nitrogens with one attached hydrogen (secondary N) is 2. The summed E-state index contributed by atoms with van der Waals surface area (Å²) in [5.74, 6) is 1.37. The van der Waals surface area contributed by atoms with Crippen LogP contribution in [0.1, 0.15) is 39.7 Å². The fraction of sp³-hybridized carbons (Fsp3) is 0.280. The molecule has 6 nitrogen and oxygen atoms in total. The second-order valence-electron chi connectivity index (χ2n) is 8.71. The summed E-state index contributed by atoms with van der Waals surface area (Å²) in [6.45, 7) is 5.91. The molecule has 2 aromatic heterocycles. The van der Waals surface area contributed by atoms with Gasteiger partial charge in [-0.05, 0) is 56.1 Å². The van der Waals surface area contributed by atoms with Crippen molar-refractivity contribution in [2.75, 3.05) is 18.1 Å².